The monoisotopic (exact) mass is 329 g/mol. The second kappa shape index (κ2) is 4.78. The number of nitrogens with zero attached hydrogens (tertiary/aromatic N) is 1. The molecule has 82 valence electrons. The van der Waals surface area contributed by atoms with E-state index in [4.69, 9.17) is 0 Å². The molecule has 1 heterocycles. The highest BCUT2D eigenvalue weighted by Gasteiger charge is 2.04. The lowest BCUT2D eigenvalue weighted by Gasteiger charge is -2.06. The number of hydrogen-bond donors (Lipinski definition) is 0. The average molecular weight is 329 g/mol. The molecule has 0 saturated carbocycles. The van der Waals surface area contributed by atoms with Gasteiger partial charge < -0.3 is 4.57 Å². The molecule has 1 aromatic carbocycles. The summed E-state index contributed by atoms with van der Waals surface area (Å²) in [6.45, 7) is 0.266. The Labute approximate surface area is 106 Å². The lowest BCUT2D eigenvalue weighted by molar-refractivity contribution is 0.596. The Morgan fingerprint density at radius 1 is 1.25 bits per heavy atom. The van der Waals surface area contributed by atoms with Crippen LogP contribution in [-0.2, 0) is 6.54 Å². The second-order valence-electron chi connectivity index (χ2n) is 3.40. The molecule has 0 aliphatic carbocycles. The van der Waals surface area contributed by atoms with E-state index in [9.17, 15) is 9.18 Å². The highest BCUT2D eigenvalue weighted by atomic mass is 127. The first kappa shape index (κ1) is 11.3. The van der Waals surface area contributed by atoms with Crippen molar-refractivity contribution < 1.29 is 4.39 Å². The fraction of sp³-hybridized carbons (Fsp3) is 0.0833. The number of rotatable bonds is 2. The Kier molecular flexibility index (Phi) is 3.38. The molecule has 2 aromatic rings. The molecule has 1 aromatic heterocycles. The van der Waals surface area contributed by atoms with Crippen LogP contribution in [0.4, 0.5) is 4.39 Å². The van der Waals surface area contributed by atoms with E-state index in [1.54, 1.807) is 30.5 Å². The molecule has 0 atom stereocenters. The zero-order valence-corrected chi connectivity index (χ0v) is 10.5. The van der Waals surface area contributed by atoms with Crippen LogP contribution in [0.5, 0.6) is 0 Å². The lowest BCUT2D eigenvalue weighted by atomic mass is 10.2. The van der Waals surface area contributed by atoms with Crippen molar-refractivity contribution in [2.24, 2.45) is 0 Å². The maximum absolute atomic E-state index is 13.5. The summed E-state index contributed by atoms with van der Waals surface area (Å²) in [5.74, 6) is -0.281. The molecule has 0 aliphatic heterocycles. The van der Waals surface area contributed by atoms with E-state index in [-0.39, 0.29) is 17.9 Å². The van der Waals surface area contributed by atoms with Crippen LogP contribution in [0.3, 0.4) is 0 Å². The van der Waals surface area contributed by atoms with Gasteiger partial charge in [0, 0.05) is 21.4 Å². The van der Waals surface area contributed by atoms with Crippen LogP contribution in [0.25, 0.3) is 0 Å². The number of hydrogen-bond acceptors (Lipinski definition) is 1. The molecule has 2 rings (SSSR count). The highest BCUT2D eigenvalue weighted by Crippen LogP contribution is 2.13. The molecule has 0 N–H and O–H groups in total. The summed E-state index contributed by atoms with van der Waals surface area (Å²) in [5.41, 5.74) is 0.404. The third kappa shape index (κ3) is 2.49. The fourth-order valence-electron chi connectivity index (χ4n) is 1.44. The van der Waals surface area contributed by atoms with Gasteiger partial charge in [-0.2, -0.15) is 0 Å². The van der Waals surface area contributed by atoms with Gasteiger partial charge in [-0.25, -0.2) is 4.39 Å². The summed E-state index contributed by atoms with van der Waals surface area (Å²) in [6.07, 6.45) is 1.65. The van der Waals surface area contributed by atoms with Crippen molar-refractivity contribution in [3.63, 3.8) is 0 Å². The van der Waals surface area contributed by atoms with Crippen LogP contribution >= 0.6 is 22.6 Å². The molecular weight excluding hydrogens is 320 g/mol. The van der Waals surface area contributed by atoms with Gasteiger partial charge in [0.2, 0.25) is 0 Å². The average Bonchev–Trinajstić information content (AvgIpc) is 2.27. The van der Waals surface area contributed by atoms with E-state index < -0.39 is 0 Å². The zero-order valence-electron chi connectivity index (χ0n) is 8.36. The third-order valence-corrected chi connectivity index (χ3v) is 2.92. The maximum atomic E-state index is 13.5. The first-order valence-corrected chi connectivity index (χ1v) is 5.84. The summed E-state index contributed by atoms with van der Waals surface area (Å²) >= 11 is 2.12. The van der Waals surface area contributed by atoms with Crippen LogP contribution in [0.1, 0.15) is 5.56 Å². The van der Waals surface area contributed by atoms with Gasteiger partial charge in [0.15, 0.2) is 0 Å². The van der Waals surface area contributed by atoms with Crippen LogP contribution < -0.4 is 5.56 Å². The Bertz CT molecular complexity index is 565. The predicted octanol–water partition coefficient (Wildman–Crippen LogP) is 2.64. The molecule has 0 unspecified atom stereocenters. The first-order chi connectivity index (χ1) is 7.66. The van der Waals surface area contributed by atoms with Gasteiger partial charge in [0.1, 0.15) is 5.82 Å². The van der Waals surface area contributed by atoms with Crippen LogP contribution in [0.15, 0.2) is 47.4 Å². The van der Waals surface area contributed by atoms with Crippen molar-refractivity contribution in [1.82, 2.24) is 4.57 Å². The fourth-order valence-corrected chi connectivity index (χ4v) is 1.99. The van der Waals surface area contributed by atoms with Gasteiger partial charge in [-0.15, -0.1) is 0 Å². The lowest BCUT2D eigenvalue weighted by Crippen LogP contribution is -2.18. The molecule has 16 heavy (non-hydrogen) atoms. The quantitative estimate of drug-likeness (QED) is 0.777. The minimum absolute atomic E-state index is 0.124. The summed E-state index contributed by atoms with van der Waals surface area (Å²) < 4.78 is 15.9. The standard InChI is InChI=1S/C12H9FINO/c13-11-5-4-10(14)7-9(11)8-15-6-2-1-3-12(15)16/h1-7H,8H2. The van der Waals surface area contributed by atoms with Gasteiger partial charge >= 0.3 is 0 Å². The SMILES string of the molecule is O=c1ccccn1Cc1cc(I)ccc1F. The summed E-state index contributed by atoms with van der Waals surface area (Å²) in [6, 6.07) is 9.76. The van der Waals surface area contributed by atoms with Crippen LogP contribution in [0.2, 0.25) is 0 Å². The number of benzene rings is 1. The largest absolute Gasteiger partial charge is 0.311 e. The topological polar surface area (TPSA) is 22.0 Å². The smallest absolute Gasteiger partial charge is 0.250 e. The minimum atomic E-state index is -0.281. The van der Waals surface area contributed by atoms with Crippen molar-refractivity contribution in [3.8, 4) is 0 Å². The molecule has 0 spiro atoms. The molecule has 0 bridgehead atoms. The molecule has 0 fully saturated rings. The van der Waals surface area contributed by atoms with Gasteiger partial charge in [0.05, 0.1) is 6.54 Å². The number of pyridine rings is 1. The highest BCUT2D eigenvalue weighted by molar-refractivity contribution is 14.1. The molecule has 0 amide bonds. The summed E-state index contributed by atoms with van der Waals surface area (Å²) in [5, 5.41) is 0. The van der Waals surface area contributed by atoms with E-state index in [1.807, 2.05) is 0 Å². The van der Waals surface area contributed by atoms with Crippen LogP contribution in [-0.4, -0.2) is 4.57 Å². The molecule has 0 radical (unpaired) electrons. The first-order valence-electron chi connectivity index (χ1n) is 4.76. The third-order valence-electron chi connectivity index (χ3n) is 2.25. The Morgan fingerprint density at radius 3 is 2.81 bits per heavy atom. The Hall–Kier alpha value is -1.17. The van der Waals surface area contributed by atoms with E-state index >= 15 is 0 Å². The van der Waals surface area contributed by atoms with E-state index in [1.165, 1.54) is 16.7 Å². The van der Waals surface area contributed by atoms with Gasteiger partial charge in [0.25, 0.3) is 5.56 Å². The second-order valence-corrected chi connectivity index (χ2v) is 4.65. The number of aromatic nitrogens is 1. The van der Waals surface area contributed by atoms with E-state index in [0.717, 1.165) is 3.57 Å². The molecule has 4 heteroatoms. The summed E-state index contributed by atoms with van der Waals surface area (Å²) in [4.78, 5) is 11.5. The molecular formula is C12H9FINO. The molecule has 0 aliphatic rings. The van der Waals surface area contributed by atoms with Crippen molar-refractivity contribution in [1.29, 1.82) is 0 Å². The van der Waals surface area contributed by atoms with Crippen molar-refractivity contribution >= 4 is 22.6 Å². The van der Waals surface area contributed by atoms with Crippen molar-refractivity contribution in [2.75, 3.05) is 0 Å². The van der Waals surface area contributed by atoms with Gasteiger partial charge in [-0.3, -0.25) is 4.79 Å². The minimum Gasteiger partial charge on any atom is -0.311 e. The number of halogens is 2. The van der Waals surface area contributed by atoms with E-state index in [0.29, 0.717) is 5.56 Å². The van der Waals surface area contributed by atoms with Crippen molar-refractivity contribution in [2.45, 2.75) is 6.54 Å². The van der Waals surface area contributed by atoms with Crippen LogP contribution in [0, 0.1) is 9.39 Å². The zero-order chi connectivity index (χ0) is 11.5. The normalized spacial score (nSPS) is 10.4. The van der Waals surface area contributed by atoms with E-state index in [2.05, 4.69) is 22.6 Å². The van der Waals surface area contributed by atoms with Crippen molar-refractivity contribution in [3.05, 3.63) is 67.9 Å². The predicted molar refractivity (Wildman–Crippen MR) is 68.9 cm³/mol. The maximum Gasteiger partial charge on any atom is 0.250 e. The Morgan fingerprint density at radius 2 is 2.06 bits per heavy atom. The summed E-state index contributed by atoms with van der Waals surface area (Å²) in [7, 11) is 0. The molecule has 0 saturated heterocycles. The Balaban J connectivity index is 2.38. The van der Waals surface area contributed by atoms with Gasteiger partial charge in [-0.05, 0) is 46.9 Å². The molecule has 2 nitrogen and oxygen atoms in total. The van der Waals surface area contributed by atoms with Gasteiger partial charge in [-0.1, -0.05) is 6.07 Å².